The predicted molar refractivity (Wildman–Crippen MR) is 137 cm³/mol. The van der Waals surface area contributed by atoms with Crippen LogP contribution < -0.4 is 10.2 Å². The number of aromatic nitrogens is 1. The first-order chi connectivity index (χ1) is 15.9. The summed E-state index contributed by atoms with van der Waals surface area (Å²) >= 11 is 0. The van der Waals surface area contributed by atoms with Gasteiger partial charge in [0.15, 0.2) is 0 Å². The van der Waals surface area contributed by atoms with Gasteiger partial charge in [-0.25, -0.2) is 0 Å². The number of rotatable bonds is 3. The lowest BCUT2D eigenvalue weighted by molar-refractivity contribution is 0.102. The number of benzene rings is 3. The fraction of sp³-hybridized carbons (Fsp3) is 0.286. The first-order valence-corrected chi connectivity index (χ1v) is 11.6. The molecule has 5 nitrogen and oxygen atoms in total. The van der Waals surface area contributed by atoms with Crippen LogP contribution in [0.25, 0.3) is 21.7 Å². The quantitative estimate of drug-likeness (QED) is 0.455. The number of hydrogen-bond donors (Lipinski definition) is 1. The molecule has 3 aromatic carbocycles. The van der Waals surface area contributed by atoms with Gasteiger partial charge < -0.3 is 10.2 Å². The minimum Gasteiger partial charge on any atom is -0.368 e. The van der Waals surface area contributed by atoms with Crippen LogP contribution in [0.1, 0.15) is 31.1 Å². The van der Waals surface area contributed by atoms with Gasteiger partial charge in [0.05, 0.1) is 22.5 Å². The van der Waals surface area contributed by atoms with Crippen molar-refractivity contribution in [3.8, 4) is 0 Å². The van der Waals surface area contributed by atoms with Crippen LogP contribution in [0, 0.1) is 0 Å². The van der Waals surface area contributed by atoms with Crippen molar-refractivity contribution in [1.82, 2.24) is 9.88 Å². The number of piperazine rings is 1. The molecule has 4 aromatic rings. The number of para-hydroxylation sites is 1. The van der Waals surface area contributed by atoms with Crippen molar-refractivity contribution in [2.75, 3.05) is 36.4 Å². The zero-order valence-electron chi connectivity index (χ0n) is 19.5. The van der Waals surface area contributed by atoms with E-state index in [2.05, 4.69) is 59.1 Å². The highest BCUT2D eigenvalue weighted by molar-refractivity contribution is 6.13. The van der Waals surface area contributed by atoms with Gasteiger partial charge in [-0.15, -0.1) is 0 Å². The molecular formula is C28H30N4O. The fourth-order valence-corrected chi connectivity index (χ4v) is 4.68. The molecule has 1 amide bonds. The Labute approximate surface area is 195 Å². The summed E-state index contributed by atoms with van der Waals surface area (Å²) in [7, 11) is 0. The highest BCUT2D eigenvalue weighted by Crippen LogP contribution is 2.31. The second kappa shape index (κ2) is 8.49. The second-order valence-corrected chi connectivity index (χ2v) is 9.70. The molecule has 2 heterocycles. The number of amides is 1. The normalized spacial score (nSPS) is 15.2. The third-order valence-corrected chi connectivity index (χ3v) is 6.56. The maximum absolute atomic E-state index is 13.6. The Kier molecular flexibility index (Phi) is 5.51. The van der Waals surface area contributed by atoms with Crippen molar-refractivity contribution < 1.29 is 4.79 Å². The van der Waals surface area contributed by atoms with Crippen molar-refractivity contribution >= 4 is 39.0 Å². The highest BCUT2D eigenvalue weighted by atomic mass is 16.1. The molecule has 0 aliphatic carbocycles. The fourth-order valence-electron chi connectivity index (χ4n) is 4.68. The zero-order chi connectivity index (χ0) is 23.0. The van der Waals surface area contributed by atoms with E-state index in [0.717, 1.165) is 59.2 Å². The number of nitrogens with one attached hydrogen (secondary N) is 1. The molecule has 5 heteroatoms. The summed E-state index contributed by atoms with van der Waals surface area (Å²) in [6.45, 7) is 10.5. The van der Waals surface area contributed by atoms with Gasteiger partial charge in [-0.1, -0.05) is 42.5 Å². The van der Waals surface area contributed by atoms with Gasteiger partial charge in [-0.3, -0.25) is 14.7 Å². The van der Waals surface area contributed by atoms with Crippen LogP contribution in [0.2, 0.25) is 0 Å². The second-order valence-electron chi connectivity index (χ2n) is 9.70. The van der Waals surface area contributed by atoms with Crippen LogP contribution >= 0.6 is 0 Å². The number of nitrogens with zero attached hydrogens (tertiary/aromatic N) is 3. The number of pyridine rings is 1. The maximum Gasteiger partial charge on any atom is 0.257 e. The van der Waals surface area contributed by atoms with Crippen molar-refractivity contribution in [2.45, 2.75) is 26.3 Å². The van der Waals surface area contributed by atoms with Crippen molar-refractivity contribution in [3.63, 3.8) is 0 Å². The van der Waals surface area contributed by atoms with E-state index in [1.165, 1.54) is 0 Å². The molecule has 0 atom stereocenters. The number of carbonyl (C=O) groups is 1. The van der Waals surface area contributed by atoms with Gasteiger partial charge in [0.1, 0.15) is 0 Å². The van der Waals surface area contributed by atoms with Crippen LogP contribution in [0.4, 0.5) is 11.4 Å². The van der Waals surface area contributed by atoms with E-state index >= 15 is 0 Å². The van der Waals surface area contributed by atoms with Crippen molar-refractivity contribution in [3.05, 3.63) is 78.5 Å². The molecular weight excluding hydrogens is 408 g/mol. The third-order valence-electron chi connectivity index (χ3n) is 6.56. The van der Waals surface area contributed by atoms with Crippen LogP contribution in [0.15, 0.2) is 72.9 Å². The molecule has 168 valence electrons. The Bertz CT molecular complexity index is 1310. The number of fused-ring (bicyclic) bond motifs is 2. The average molecular weight is 439 g/mol. The SMILES string of the molecule is CC(C)(C)N1CCN(c2cc3ccccc3cc2C(=O)Nc2cccc3cccnc23)CC1. The summed E-state index contributed by atoms with van der Waals surface area (Å²) < 4.78 is 0. The average Bonchev–Trinajstić information content (AvgIpc) is 2.83. The van der Waals surface area contributed by atoms with Crippen LogP contribution in [0.5, 0.6) is 0 Å². The Balaban J connectivity index is 1.51. The summed E-state index contributed by atoms with van der Waals surface area (Å²) in [6, 6.07) is 22.2. The number of hydrogen-bond acceptors (Lipinski definition) is 4. The van der Waals surface area contributed by atoms with Crippen LogP contribution in [-0.4, -0.2) is 47.5 Å². The van der Waals surface area contributed by atoms with E-state index in [9.17, 15) is 4.79 Å². The number of carbonyl (C=O) groups excluding carboxylic acids is 1. The predicted octanol–water partition coefficient (Wildman–Crippen LogP) is 5.56. The molecule has 33 heavy (non-hydrogen) atoms. The van der Waals surface area contributed by atoms with E-state index in [1.807, 2.05) is 48.5 Å². The summed E-state index contributed by atoms with van der Waals surface area (Å²) in [5, 5.41) is 6.36. The summed E-state index contributed by atoms with van der Waals surface area (Å²) in [4.78, 5) is 23.0. The molecule has 0 saturated carbocycles. The molecule has 0 radical (unpaired) electrons. The lowest BCUT2D eigenvalue weighted by atomic mass is 10.0. The standard InChI is InChI=1S/C28H30N4O/c1-28(2,3)32-16-14-31(15-17-32)25-19-22-9-5-4-8-21(22)18-23(25)27(33)30-24-12-6-10-20-11-7-13-29-26(20)24/h4-13,18-19H,14-17H2,1-3H3,(H,30,33). The molecule has 1 aromatic heterocycles. The zero-order valence-corrected chi connectivity index (χ0v) is 19.5. The maximum atomic E-state index is 13.6. The molecule has 0 unspecified atom stereocenters. The van der Waals surface area contributed by atoms with Gasteiger partial charge >= 0.3 is 0 Å². The van der Waals surface area contributed by atoms with Gasteiger partial charge in [-0.2, -0.15) is 0 Å². The van der Waals surface area contributed by atoms with E-state index in [0.29, 0.717) is 5.56 Å². The Morgan fingerprint density at radius 1 is 0.848 bits per heavy atom. The molecule has 5 rings (SSSR count). The molecule has 1 fully saturated rings. The summed E-state index contributed by atoms with van der Waals surface area (Å²) in [6.07, 6.45) is 1.76. The largest absolute Gasteiger partial charge is 0.368 e. The minimum atomic E-state index is -0.104. The Morgan fingerprint density at radius 2 is 1.52 bits per heavy atom. The van der Waals surface area contributed by atoms with E-state index in [1.54, 1.807) is 6.20 Å². The van der Waals surface area contributed by atoms with Gasteiger partial charge in [0, 0.05) is 43.3 Å². The van der Waals surface area contributed by atoms with Crippen molar-refractivity contribution in [1.29, 1.82) is 0 Å². The van der Waals surface area contributed by atoms with Crippen molar-refractivity contribution in [2.24, 2.45) is 0 Å². The molecule has 1 N–H and O–H groups in total. The van der Waals surface area contributed by atoms with Crippen LogP contribution in [0.3, 0.4) is 0 Å². The first-order valence-electron chi connectivity index (χ1n) is 11.6. The molecule has 1 aliphatic rings. The molecule has 1 saturated heterocycles. The molecule has 0 bridgehead atoms. The Hall–Kier alpha value is -3.44. The monoisotopic (exact) mass is 438 g/mol. The van der Waals surface area contributed by atoms with E-state index in [4.69, 9.17) is 0 Å². The van der Waals surface area contributed by atoms with E-state index < -0.39 is 0 Å². The topological polar surface area (TPSA) is 48.5 Å². The first kappa shape index (κ1) is 21.4. The van der Waals surface area contributed by atoms with E-state index in [-0.39, 0.29) is 11.4 Å². The molecule has 1 aliphatic heterocycles. The number of anilines is 2. The third kappa shape index (κ3) is 4.29. The Morgan fingerprint density at radius 3 is 2.24 bits per heavy atom. The lowest BCUT2D eigenvalue weighted by Crippen LogP contribution is -2.53. The minimum absolute atomic E-state index is 0.104. The molecule has 0 spiro atoms. The highest BCUT2D eigenvalue weighted by Gasteiger charge is 2.28. The van der Waals surface area contributed by atoms with Gasteiger partial charge in [0.25, 0.3) is 5.91 Å². The summed E-state index contributed by atoms with van der Waals surface area (Å²) in [5.41, 5.74) is 3.37. The van der Waals surface area contributed by atoms with Gasteiger partial charge in [0.2, 0.25) is 0 Å². The van der Waals surface area contributed by atoms with Gasteiger partial charge in [-0.05, 0) is 55.8 Å². The lowest BCUT2D eigenvalue weighted by Gasteiger charge is -2.43. The smallest absolute Gasteiger partial charge is 0.257 e. The van der Waals surface area contributed by atoms with Crippen LogP contribution in [-0.2, 0) is 0 Å². The summed E-state index contributed by atoms with van der Waals surface area (Å²) in [5.74, 6) is -0.104.